The van der Waals surface area contributed by atoms with Gasteiger partial charge in [0.2, 0.25) is 0 Å². The Morgan fingerprint density at radius 2 is 1.76 bits per heavy atom. The lowest BCUT2D eigenvalue weighted by Gasteiger charge is -2.22. The van der Waals surface area contributed by atoms with Gasteiger partial charge in [0, 0.05) is 6.04 Å². The number of halogens is 3. The van der Waals surface area contributed by atoms with Gasteiger partial charge in [-0.3, -0.25) is 4.79 Å². The molecule has 0 bridgehead atoms. The molecule has 0 aliphatic heterocycles. The Hall–Kier alpha value is -1.72. The molecule has 1 aromatic rings. The quantitative estimate of drug-likeness (QED) is 0.924. The number of carbonyl (C=O) groups is 1. The molecule has 0 heterocycles. The van der Waals surface area contributed by atoms with E-state index in [-0.39, 0.29) is 24.3 Å². The van der Waals surface area contributed by atoms with E-state index in [4.69, 9.17) is 4.74 Å². The zero-order valence-corrected chi connectivity index (χ0v) is 11.6. The normalized spacial score (nSPS) is 16.5. The third-order valence-electron chi connectivity index (χ3n) is 3.52. The molecule has 21 heavy (non-hydrogen) atoms. The lowest BCUT2D eigenvalue weighted by molar-refractivity contribution is -0.137. The molecule has 1 aliphatic rings. The van der Waals surface area contributed by atoms with E-state index >= 15 is 0 Å². The van der Waals surface area contributed by atoms with E-state index in [2.05, 4.69) is 5.32 Å². The predicted molar refractivity (Wildman–Crippen MR) is 72.0 cm³/mol. The van der Waals surface area contributed by atoms with Gasteiger partial charge in [-0.2, -0.15) is 13.2 Å². The summed E-state index contributed by atoms with van der Waals surface area (Å²) in [5.74, 6) is 0.0172. The van der Waals surface area contributed by atoms with E-state index in [9.17, 15) is 18.0 Å². The van der Waals surface area contributed by atoms with Gasteiger partial charge in [0.15, 0.2) is 6.61 Å². The molecule has 0 saturated heterocycles. The Balaban J connectivity index is 1.78. The van der Waals surface area contributed by atoms with E-state index in [1.165, 1.54) is 18.6 Å². The molecule has 1 amide bonds. The van der Waals surface area contributed by atoms with E-state index in [0.29, 0.717) is 0 Å². The topological polar surface area (TPSA) is 38.3 Å². The summed E-state index contributed by atoms with van der Waals surface area (Å²) in [6.07, 6.45) is 1.03. The smallest absolute Gasteiger partial charge is 0.416 e. The molecular formula is C15H18F3NO2. The summed E-state index contributed by atoms with van der Waals surface area (Å²) in [5, 5.41) is 2.88. The van der Waals surface area contributed by atoms with Crippen LogP contribution in [0.3, 0.4) is 0 Å². The standard InChI is InChI=1S/C15H18F3NO2/c16-15(17,18)11-6-8-13(9-7-11)21-10-14(20)19-12-4-2-1-3-5-12/h6-9,12H,1-5,10H2,(H,19,20). The number of hydrogen-bond donors (Lipinski definition) is 1. The van der Waals surface area contributed by atoms with Gasteiger partial charge in [0.05, 0.1) is 5.56 Å². The molecule has 2 rings (SSSR count). The van der Waals surface area contributed by atoms with Crippen LogP contribution in [0.15, 0.2) is 24.3 Å². The lowest BCUT2D eigenvalue weighted by Crippen LogP contribution is -2.38. The van der Waals surface area contributed by atoms with Crippen LogP contribution in [0, 0.1) is 0 Å². The van der Waals surface area contributed by atoms with Crippen molar-refractivity contribution in [1.82, 2.24) is 5.32 Å². The summed E-state index contributed by atoms with van der Waals surface area (Å²) in [7, 11) is 0. The highest BCUT2D eigenvalue weighted by molar-refractivity contribution is 5.77. The predicted octanol–water partition coefficient (Wildman–Crippen LogP) is 3.53. The third kappa shape index (κ3) is 4.95. The minimum atomic E-state index is -4.36. The van der Waals surface area contributed by atoms with Gasteiger partial charge in [0.1, 0.15) is 5.75 Å². The number of ether oxygens (including phenoxy) is 1. The van der Waals surface area contributed by atoms with Gasteiger partial charge in [-0.05, 0) is 37.1 Å². The number of hydrogen-bond acceptors (Lipinski definition) is 2. The van der Waals surface area contributed by atoms with Crippen molar-refractivity contribution < 1.29 is 22.7 Å². The van der Waals surface area contributed by atoms with Gasteiger partial charge < -0.3 is 10.1 Å². The zero-order chi connectivity index (χ0) is 15.3. The zero-order valence-electron chi connectivity index (χ0n) is 11.6. The van der Waals surface area contributed by atoms with Gasteiger partial charge in [-0.15, -0.1) is 0 Å². The summed E-state index contributed by atoms with van der Waals surface area (Å²) in [5.41, 5.74) is -0.735. The molecule has 1 aliphatic carbocycles. The SMILES string of the molecule is O=C(COc1ccc(C(F)(F)F)cc1)NC1CCCCC1. The fourth-order valence-corrected chi connectivity index (χ4v) is 2.41. The van der Waals surface area contributed by atoms with Crippen LogP contribution < -0.4 is 10.1 Å². The second-order valence-electron chi connectivity index (χ2n) is 5.21. The highest BCUT2D eigenvalue weighted by Gasteiger charge is 2.30. The van der Waals surface area contributed by atoms with Crippen molar-refractivity contribution in [2.24, 2.45) is 0 Å². The van der Waals surface area contributed by atoms with Gasteiger partial charge in [0.25, 0.3) is 5.91 Å². The molecule has 0 aromatic heterocycles. The maximum Gasteiger partial charge on any atom is 0.416 e. The van der Waals surface area contributed by atoms with Gasteiger partial charge in [-0.1, -0.05) is 19.3 Å². The minimum Gasteiger partial charge on any atom is -0.484 e. The fourth-order valence-electron chi connectivity index (χ4n) is 2.41. The Bertz CT molecular complexity index is 465. The first-order valence-corrected chi connectivity index (χ1v) is 7.04. The molecule has 116 valence electrons. The first kappa shape index (κ1) is 15.7. The van der Waals surface area contributed by atoms with Crippen molar-refractivity contribution in [3.8, 4) is 5.75 Å². The van der Waals surface area contributed by atoms with Crippen molar-refractivity contribution in [3.05, 3.63) is 29.8 Å². The van der Waals surface area contributed by atoms with Crippen LogP contribution in [0.5, 0.6) is 5.75 Å². The molecule has 0 unspecified atom stereocenters. The highest BCUT2D eigenvalue weighted by atomic mass is 19.4. The van der Waals surface area contributed by atoms with Gasteiger partial charge >= 0.3 is 6.18 Å². The number of benzene rings is 1. The number of amides is 1. The van der Waals surface area contributed by atoms with Crippen molar-refractivity contribution in [3.63, 3.8) is 0 Å². The van der Waals surface area contributed by atoms with Crippen LogP contribution in [-0.2, 0) is 11.0 Å². The molecule has 1 fully saturated rings. The molecule has 0 spiro atoms. The third-order valence-corrected chi connectivity index (χ3v) is 3.52. The molecule has 1 saturated carbocycles. The van der Waals surface area contributed by atoms with Crippen LogP contribution in [0.25, 0.3) is 0 Å². The molecule has 0 radical (unpaired) electrons. The van der Waals surface area contributed by atoms with Crippen molar-refractivity contribution >= 4 is 5.91 Å². The van der Waals surface area contributed by atoms with Crippen molar-refractivity contribution in [1.29, 1.82) is 0 Å². The first-order valence-electron chi connectivity index (χ1n) is 7.04. The highest BCUT2D eigenvalue weighted by Crippen LogP contribution is 2.30. The Morgan fingerprint density at radius 1 is 1.14 bits per heavy atom. The van der Waals surface area contributed by atoms with E-state index in [1.54, 1.807) is 0 Å². The van der Waals surface area contributed by atoms with E-state index in [1.807, 2.05) is 0 Å². The Kier molecular flexibility index (Phi) is 5.09. The fraction of sp³-hybridized carbons (Fsp3) is 0.533. The van der Waals surface area contributed by atoms with Crippen LogP contribution in [0.4, 0.5) is 13.2 Å². The molecular weight excluding hydrogens is 283 g/mol. The summed E-state index contributed by atoms with van der Waals surface area (Å²) >= 11 is 0. The molecule has 3 nitrogen and oxygen atoms in total. The maximum absolute atomic E-state index is 12.4. The average molecular weight is 301 g/mol. The van der Waals surface area contributed by atoms with Crippen molar-refractivity contribution in [2.45, 2.75) is 44.3 Å². The number of rotatable bonds is 4. The Labute approximate surface area is 121 Å². The summed E-state index contributed by atoms with van der Waals surface area (Å²) < 4.78 is 42.4. The summed E-state index contributed by atoms with van der Waals surface area (Å²) in [6, 6.07) is 4.51. The molecule has 1 N–H and O–H groups in total. The van der Waals surface area contributed by atoms with Gasteiger partial charge in [-0.25, -0.2) is 0 Å². The molecule has 1 aromatic carbocycles. The van der Waals surface area contributed by atoms with E-state index in [0.717, 1.165) is 37.8 Å². The number of carbonyl (C=O) groups excluding carboxylic acids is 1. The monoisotopic (exact) mass is 301 g/mol. The van der Waals surface area contributed by atoms with Crippen molar-refractivity contribution in [2.75, 3.05) is 6.61 Å². The van der Waals surface area contributed by atoms with E-state index < -0.39 is 11.7 Å². The second kappa shape index (κ2) is 6.83. The lowest BCUT2D eigenvalue weighted by atomic mass is 9.95. The summed E-state index contributed by atoms with van der Waals surface area (Å²) in [4.78, 5) is 11.7. The van der Waals surface area contributed by atoms with Crippen LogP contribution in [0.2, 0.25) is 0 Å². The molecule has 0 atom stereocenters. The largest absolute Gasteiger partial charge is 0.484 e. The number of alkyl halides is 3. The maximum atomic E-state index is 12.4. The summed E-state index contributed by atoms with van der Waals surface area (Å²) in [6.45, 7) is -0.179. The Morgan fingerprint density at radius 3 is 2.33 bits per heavy atom. The van der Waals surface area contributed by atoms with Crippen LogP contribution in [0.1, 0.15) is 37.7 Å². The van der Waals surface area contributed by atoms with Crippen LogP contribution in [-0.4, -0.2) is 18.6 Å². The minimum absolute atomic E-state index is 0.179. The van der Waals surface area contributed by atoms with Crippen LogP contribution >= 0.6 is 0 Å². The average Bonchev–Trinajstić information content (AvgIpc) is 2.46. The first-order chi connectivity index (χ1) is 9.95. The molecule has 6 heteroatoms. The second-order valence-corrected chi connectivity index (χ2v) is 5.21. The number of nitrogens with one attached hydrogen (secondary N) is 1.